The van der Waals surface area contributed by atoms with Crippen LogP contribution in [0.5, 0.6) is 5.75 Å². The van der Waals surface area contributed by atoms with E-state index in [1.807, 2.05) is 11.9 Å². The first-order valence-electron chi connectivity index (χ1n) is 6.38. The van der Waals surface area contributed by atoms with Gasteiger partial charge in [-0.15, -0.1) is 0 Å². The minimum atomic E-state index is -0.564. The zero-order valence-corrected chi connectivity index (χ0v) is 11.3. The van der Waals surface area contributed by atoms with E-state index in [2.05, 4.69) is 0 Å². The molecule has 1 heterocycles. The fourth-order valence-electron chi connectivity index (χ4n) is 2.35. The van der Waals surface area contributed by atoms with Gasteiger partial charge in [-0.25, -0.2) is 8.78 Å². The van der Waals surface area contributed by atoms with Crippen molar-refractivity contribution in [1.82, 2.24) is 4.90 Å². The molecular formula is C14H19F2NO2. The van der Waals surface area contributed by atoms with Crippen LogP contribution in [0.15, 0.2) is 12.1 Å². The molecule has 0 spiro atoms. The highest BCUT2D eigenvalue weighted by atomic mass is 19.1. The van der Waals surface area contributed by atoms with Crippen molar-refractivity contribution < 1.29 is 18.3 Å². The Morgan fingerprint density at radius 2 is 2.05 bits per heavy atom. The molecule has 1 aliphatic rings. The van der Waals surface area contributed by atoms with Gasteiger partial charge in [-0.2, -0.15) is 0 Å². The summed E-state index contributed by atoms with van der Waals surface area (Å²) in [6.45, 7) is 2.55. The Labute approximate surface area is 112 Å². The molecule has 0 N–H and O–H groups in total. The average molecular weight is 271 g/mol. The second kappa shape index (κ2) is 6.30. The van der Waals surface area contributed by atoms with E-state index in [1.54, 1.807) is 0 Å². The van der Waals surface area contributed by atoms with Gasteiger partial charge in [0.1, 0.15) is 17.4 Å². The van der Waals surface area contributed by atoms with Crippen molar-refractivity contribution in [3.05, 3.63) is 29.3 Å². The monoisotopic (exact) mass is 271 g/mol. The summed E-state index contributed by atoms with van der Waals surface area (Å²) in [7, 11) is 3.25. The lowest BCUT2D eigenvalue weighted by molar-refractivity contribution is 0.172. The van der Waals surface area contributed by atoms with Crippen molar-refractivity contribution in [1.29, 1.82) is 0 Å². The van der Waals surface area contributed by atoms with Crippen LogP contribution in [0.3, 0.4) is 0 Å². The minimum Gasteiger partial charge on any atom is -0.497 e. The predicted molar refractivity (Wildman–Crippen MR) is 68.2 cm³/mol. The van der Waals surface area contributed by atoms with E-state index in [4.69, 9.17) is 9.47 Å². The molecular weight excluding hydrogens is 252 g/mol. The molecule has 1 atom stereocenters. The summed E-state index contributed by atoms with van der Waals surface area (Å²) in [5.74, 6) is -0.474. The van der Waals surface area contributed by atoms with Gasteiger partial charge in [0, 0.05) is 37.4 Å². The maximum Gasteiger partial charge on any atom is 0.134 e. The molecule has 0 amide bonds. The molecule has 1 fully saturated rings. The quantitative estimate of drug-likeness (QED) is 0.821. The number of rotatable bonds is 5. The Balaban J connectivity index is 2.01. The van der Waals surface area contributed by atoms with Crippen LogP contribution in [-0.4, -0.2) is 38.8 Å². The maximum atomic E-state index is 13.8. The van der Waals surface area contributed by atoms with E-state index in [0.717, 1.165) is 26.2 Å². The fraction of sp³-hybridized carbons (Fsp3) is 0.571. The van der Waals surface area contributed by atoms with Crippen LogP contribution in [0, 0.1) is 17.6 Å². The van der Waals surface area contributed by atoms with E-state index in [1.165, 1.54) is 19.2 Å². The van der Waals surface area contributed by atoms with Gasteiger partial charge < -0.3 is 14.4 Å². The third kappa shape index (κ3) is 3.64. The molecule has 1 aromatic rings. The SMILES string of the molecule is COc1cc(F)c(CN(C)C[C@H]2CCOC2)c(F)c1. The Kier molecular flexibility index (Phi) is 4.71. The van der Waals surface area contributed by atoms with Crippen LogP contribution in [0.4, 0.5) is 8.78 Å². The molecule has 3 nitrogen and oxygen atoms in total. The van der Waals surface area contributed by atoms with Crippen LogP contribution in [-0.2, 0) is 11.3 Å². The zero-order valence-electron chi connectivity index (χ0n) is 11.3. The molecule has 1 saturated heterocycles. The van der Waals surface area contributed by atoms with Crippen LogP contribution < -0.4 is 4.74 Å². The van der Waals surface area contributed by atoms with Crippen molar-refractivity contribution in [3.8, 4) is 5.75 Å². The standard InChI is InChI=1S/C14H19F2NO2/c1-17(7-10-3-4-19-9-10)8-12-13(15)5-11(18-2)6-14(12)16/h5-6,10H,3-4,7-9H2,1-2H3/t10-/m1/s1. The third-order valence-electron chi connectivity index (χ3n) is 3.37. The van der Waals surface area contributed by atoms with E-state index in [0.29, 0.717) is 5.92 Å². The second-order valence-electron chi connectivity index (χ2n) is 5.00. The summed E-state index contributed by atoms with van der Waals surface area (Å²) in [6.07, 6.45) is 1.01. The molecule has 1 aliphatic heterocycles. The van der Waals surface area contributed by atoms with Gasteiger partial charge in [-0.1, -0.05) is 0 Å². The predicted octanol–water partition coefficient (Wildman–Crippen LogP) is 2.44. The number of methoxy groups -OCH3 is 1. The lowest BCUT2D eigenvalue weighted by atomic mass is 10.1. The Morgan fingerprint density at radius 3 is 2.58 bits per heavy atom. The second-order valence-corrected chi connectivity index (χ2v) is 5.00. The zero-order chi connectivity index (χ0) is 13.8. The molecule has 1 aromatic carbocycles. The number of hydrogen-bond donors (Lipinski definition) is 0. The van der Waals surface area contributed by atoms with Gasteiger partial charge in [0.2, 0.25) is 0 Å². The van der Waals surface area contributed by atoms with Crippen molar-refractivity contribution in [2.75, 3.05) is 33.9 Å². The molecule has 0 bridgehead atoms. The highest BCUT2D eigenvalue weighted by molar-refractivity contribution is 5.30. The fourth-order valence-corrected chi connectivity index (χ4v) is 2.35. The number of hydrogen-bond acceptors (Lipinski definition) is 3. The molecule has 19 heavy (non-hydrogen) atoms. The summed E-state index contributed by atoms with van der Waals surface area (Å²) in [6, 6.07) is 2.43. The molecule has 5 heteroatoms. The summed E-state index contributed by atoms with van der Waals surface area (Å²) < 4.78 is 37.7. The van der Waals surface area contributed by atoms with Gasteiger partial charge in [-0.3, -0.25) is 0 Å². The van der Waals surface area contributed by atoms with E-state index >= 15 is 0 Å². The Hall–Kier alpha value is -1.20. The van der Waals surface area contributed by atoms with Gasteiger partial charge >= 0.3 is 0 Å². The largest absolute Gasteiger partial charge is 0.497 e. The summed E-state index contributed by atoms with van der Waals surface area (Å²) in [4.78, 5) is 1.92. The topological polar surface area (TPSA) is 21.7 Å². The molecule has 0 aliphatic carbocycles. The maximum absolute atomic E-state index is 13.8. The number of benzene rings is 1. The van der Waals surface area contributed by atoms with Crippen molar-refractivity contribution >= 4 is 0 Å². The molecule has 0 unspecified atom stereocenters. The van der Waals surface area contributed by atoms with Crippen LogP contribution in [0.25, 0.3) is 0 Å². The third-order valence-corrected chi connectivity index (χ3v) is 3.37. The van der Waals surface area contributed by atoms with Crippen LogP contribution in [0.2, 0.25) is 0 Å². The van der Waals surface area contributed by atoms with E-state index < -0.39 is 11.6 Å². The lowest BCUT2D eigenvalue weighted by Crippen LogP contribution is -2.26. The van der Waals surface area contributed by atoms with Crippen molar-refractivity contribution in [2.45, 2.75) is 13.0 Å². The first-order chi connectivity index (χ1) is 9.10. The Bertz CT molecular complexity index is 410. The van der Waals surface area contributed by atoms with E-state index in [9.17, 15) is 8.78 Å². The number of ether oxygens (including phenoxy) is 2. The smallest absolute Gasteiger partial charge is 0.134 e. The summed E-state index contributed by atoms with van der Waals surface area (Å²) >= 11 is 0. The van der Waals surface area contributed by atoms with Crippen LogP contribution in [0.1, 0.15) is 12.0 Å². The first kappa shape index (κ1) is 14.2. The van der Waals surface area contributed by atoms with Crippen molar-refractivity contribution in [3.63, 3.8) is 0 Å². The van der Waals surface area contributed by atoms with Crippen LogP contribution >= 0.6 is 0 Å². The normalized spacial score (nSPS) is 19.1. The summed E-state index contributed by atoms with van der Waals surface area (Å²) in [5, 5.41) is 0. The average Bonchev–Trinajstić information content (AvgIpc) is 2.86. The number of halogens is 2. The lowest BCUT2D eigenvalue weighted by Gasteiger charge is -2.20. The van der Waals surface area contributed by atoms with Crippen molar-refractivity contribution in [2.24, 2.45) is 5.92 Å². The molecule has 0 saturated carbocycles. The molecule has 0 aromatic heterocycles. The highest BCUT2D eigenvalue weighted by Gasteiger charge is 2.19. The molecule has 0 radical (unpaired) electrons. The highest BCUT2D eigenvalue weighted by Crippen LogP contribution is 2.22. The van der Waals surface area contributed by atoms with E-state index in [-0.39, 0.29) is 17.9 Å². The van der Waals surface area contributed by atoms with Gasteiger partial charge in [0.05, 0.1) is 13.7 Å². The number of nitrogens with zero attached hydrogens (tertiary/aromatic N) is 1. The molecule has 2 rings (SSSR count). The van der Waals surface area contributed by atoms with Gasteiger partial charge in [-0.05, 0) is 19.4 Å². The summed E-state index contributed by atoms with van der Waals surface area (Å²) in [5.41, 5.74) is 0.0854. The van der Waals surface area contributed by atoms with Gasteiger partial charge in [0.25, 0.3) is 0 Å². The first-order valence-corrected chi connectivity index (χ1v) is 6.38. The molecule has 106 valence electrons. The Morgan fingerprint density at radius 1 is 1.37 bits per heavy atom. The van der Waals surface area contributed by atoms with Gasteiger partial charge in [0.15, 0.2) is 0 Å². The minimum absolute atomic E-state index is 0.0854.